The van der Waals surface area contributed by atoms with Gasteiger partial charge in [0, 0.05) is 25.4 Å². The molecule has 1 aliphatic carbocycles. The number of aryl methyl sites for hydroxylation is 1. The second kappa shape index (κ2) is 6.22. The minimum atomic E-state index is -0.425. The molecule has 1 aliphatic rings. The molecular weight excluding hydrogens is 254 g/mol. The average molecular weight is 277 g/mol. The van der Waals surface area contributed by atoms with Crippen LogP contribution in [-0.4, -0.2) is 17.0 Å². The first-order chi connectivity index (χ1) is 9.61. The van der Waals surface area contributed by atoms with Gasteiger partial charge in [-0.15, -0.1) is 0 Å². The molecule has 2 rings (SSSR count). The fourth-order valence-electron chi connectivity index (χ4n) is 2.86. The summed E-state index contributed by atoms with van der Waals surface area (Å²) in [5, 5.41) is 2.92. The van der Waals surface area contributed by atoms with E-state index in [0.29, 0.717) is 18.8 Å². The molecule has 0 atom stereocenters. The van der Waals surface area contributed by atoms with E-state index in [0.717, 1.165) is 32.1 Å². The van der Waals surface area contributed by atoms with Crippen LogP contribution in [0.5, 0.6) is 0 Å². The number of nitrogens with zero attached hydrogens (tertiary/aromatic N) is 1. The number of amides is 1. The van der Waals surface area contributed by atoms with Gasteiger partial charge >= 0.3 is 0 Å². The van der Waals surface area contributed by atoms with Gasteiger partial charge in [0.2, 0.25) is 5.91 Å². The van der Waals surface area contributed by atoms with E-state index in [9.17, 15) is 9.59 Å². The highest BCUT2D eigenvalue weighted by Crippen LogP contribution is 2.38. The number of carbonyl (C=O) groups is 1. The number of carbonyl (C=O) groups excluding carboxylic acids is 1. The molecule has 1 saturated carbocycles. The third-order valence-electron chi connectivity index (χ3n) is 4.14. The molecule has 1 amide bonds. The minimum absolute atomic E-state index is 0.0146. The number of rotatable bonds is 5. The Morgan fingerprint density at radius 2 is 2.10 bits per heavy atom. The molecule has 0 bridgehead atoms. The van der Waals surface area contributed by atoms with Crippen molar-refractivity contribution in [2.24, 2.45) is 11.1 Å². The van der Waals surface area contributed by atoms with Gasteiger partial charge in [0.25, 0.3) is 5.56 Å². The van der Waals surface area contributed by atoms with Crippen LogP contribution in [0.3, 0.4) is 0 Å². The Morgan fingerprint density at radius 3 is 2.70 bits per heavy atom. The summed E-state index contributed by atoms with van der Waals surface area (Å²) in [5.74, 6) is -0.0146. The number of nitrogens with one attached hydrogen (secondary N) is 1. The summed E-state index contributed by atoms with van der Waals surface area (Å²) in [6.07, 6.45) is 6.40. The largest absolute Gasteiger partial charge is 0.329 e. The maximum Gasteiger partial charge on any atom is 0.250 e. The van der Waals surface area contributed by atoms with Crippen LogP contribution in [0.25, 0.3) is 0 Å². The van der Waals surface area contributed by atoms with Gasteiger partial charge in [0.05, 0.1) is 11.1 Å². The zero-order chi connectivity index (χ0) is 14.6. The Bertz CT molecular complexity index is 530. The van der Waals surface area contributed by atoms with E-state index in [1.165, 1.54) is 6.07 Å². The van der Waals surface area contributed by atoms with Gasteiger partial charge in [-0.2, -0.15) is 0 Å². The molecule has 5 nitrogen and oxygen atoms in total. The van der Waals surface area contributed by atoms with E-state index in [1.807, 2.05) is 6.92 Å². The number of pyridine rings is 1. The molecule has 3 N–H and O–H groups in total. The lowest BCUT2D eigenvalue weighted by molar-refractivity contribution is -0.124. The quantitative estimate of drug-likeness (QED) is 0.860. The SMILES string of the molecule is CCCn1cc(NC(=O)C2(CN)CCCC2)ccc1=O. The third kappa shape index (κ3) is 2.93. The van der Waals surface area contributed by atoms with Gasteiger partial charge in [0.1, 0.15) is 0 Å². The summed E-state index contributed by atoms with van der Waals surface area (Å²) in [6, 6.07) is 3.15. The van der Waals surface area contributed by atoms with Gasteiger partial charge in [-0.25, -0.2) is 0 Å². The van der Waals surface area contributed by atoms with Crippen molar-refractivity contribution in [2.45, 2.75) is 45.6 Å². The lowest BCUT2D eigenvalue weighted by atomic mass is 9.85. The fourth-order valence-corrected chi connectivity index (χ4v) is 2.86. The Labute approximate surface area is 119 Å². The van der Waals surface area contributed by atoms with Crippen molar-refractivity contribution in [3.8, 4) is 0 Å². The van der Waals surface area contributed by atoms with Crippen LogP contribution in [0.2, 0.25) is 0 Å². The van der Waals surface area contributed by atoms with Crippen molar-refractivity contribution in [1.82, 2.24) is 4.57 Å². The second-order valence-corrected chi connectivity index (χ2v) is 5.60. The van der Waals surface area contributed by atoms with E-state index >= 15 is 0 Å². The topological polar surface area (TPSA) is 77.1 Å². The van der Waals surface area contributed by atoms with Crippen LogP contribution in [0.4, 0.5) is 5.69 Å². The van der Waals surface area contributed by atoms with Crippen molar-refractivity contribution in [2.75, 3.05) is 11.9 Å². The molecule has 5 heteroatoms. The van der Waals surface area contributed by atoms with Crippen molar-refractivity contribution in [3.05, 3.63) is 28.7 Å². The number of hydrogen-bond acceptors (Lipinski definition) is 3. The third-order valence-corrected chi connectivity index (χ3v) is 4.14. The second-order valence-electron chi connectivity index (χ2n) is 5.60. The predicted molar refractivity (Wildman–Crippen MR) is 79.6 cm³/mol. The highest BCUT2D eigenvalue weighted by Gasteiger charge is 2.39. The normalized spacial score (nSPS) is 17.1. The monoisotopic (exact) mass is 277 g/mol. The number of aromatic nitrogens is 1. The lowest BCUT2D eigenvalue weighted by Crippen LogP contribution is -2.40. The van der Waals surface area contributed by atoms with Crippen LogP contribution >= 0.6 is 0 Å². The number of hydrogen-bond donors (Lipinski definition) is 2. The van der Waals surface area contributed by atoms with Crippen molar-refractivity contribution < 1.29 is 4.79 Å². The van der Waals surface area contributed by atoms with Crippen LogP contribution in [0.15, 0.2) is 23.1 Å². The first-order valence-corrected chi connectivity index (χ1v) is 7.33. The van der Waals surface area contributed by atoms with Gasteiger partial charge in [-0.3, -0.25) is 9.59 Å². The number of anilines is 1. The average Bonchev–Trinajstić information content (AvgIpc) is 2.93. The molecule has 1 fully saturated rings. The zero-order valence-electron chi connectivity index (χ0n) is 12.0. The molecule has 0 unspecified atom stereocenters. The maximum atomic E-state index is 12.4. The predicted octanol–water partition coefficient (Wildman–Crippen LogP) is 1.72. The Kier molecular flexibility index (Phi) is 4.60. The number of nitrogens with two attached hydrogens (primary N) is 1. The molecule has 20 heavy (non-hydrogen) atoms. The van der Waals surface area contributed by atoms with E-state index in [-0.39, 0.29) is 11.5 Å². The summed E-state index contributed by atoms with van der Waals surface area (Å²) >= 11 is 0. The standard InChI is InChI=1S/C15H23N3O2/c1-2-9-18-10-12(5-6-13(18)19)17-14(20)15(11-16)7-3-4-8-15/h5-6,10H,2-4,7-9,11,16H2,1H3,(H,17,20). The van der Waals surface area contributed by atoms with E-state index in [1.54, 1.807) is 16.8 Å². The minimum Gasteiger partial charge on any atom is -0.329 e. The molecule has 0 aliphatic heterocycles. The Morgan fingerprint density at radius 1 is 1.40 bits per heavy atom. The molecule has 1 aromatic rings. The Hall–Kier alpha value is -1.62. The van der Waals surface area contributed by atoms with Crippen LogP contribution < -0.4 is 16.6 Å². The summed E-state index contributed by atoms with van der Waals surface area (Å²) in [7, 11) is 0. The van der Waals surface area contributed by atoms with Gasteiger partial charge in [-0.1, -0.05) is 19.8 Å². The molecule has 0 saturated heterocycles. The van der Waals surface area contributed by atoms with Crippen molar-refractivity contribution in [1.29, 1.82) is 0 Å². The molecule has 0 radical (unpaired) electrons. The molecular formula is C15H23N3O2. The molecule has 110 valence electrons. The van der Waals surface area contributed by atoms with Crippen LogP contribution in [0.1, 0.15) is 39.0 Å². The van der Waals surface area contributed by atoms with E-state index in [2.05, 4.69) is 5.32 Å². The summed E-state index contributed by atoms with van der Waals surface area (Å²) < 4.78 is 1.62. The Balaban J connectivity index is 2.15. The smallest absolute Gasteiger partial charge is 0.250 e. The highest BCUT2D eigenvalue weighted by atomic mass is 16.2. The fraction of sp³-hybridized carbons (Fsp3) is 0.600. The van der Waals surface area contributed by atoms with Crippen LogP contribution in [0, 0.1) is 5.41 Å². The first kappa shape index (κ1) is 14.8. The van der Waals surface area contributed by atoms with Crippen molar-refractivity contribution >= 4 is 11.6 Å². The van der Waals surface area contributed by atoms with E-state index < -0.39 is 5.41 Å². The van der Waals surface area contributed by atoms with Crippen LogP contribution in [-0.2, 0) is 11.3 Å². The molecule has 1 aromatic heterocycles. The first-order valence-electron chi connectivity index (χ1n) is 7.33. The lowest BCUT2D eigenvalue weighted by Gasteiger charge is -2.25. The molecule has 0 aromatic carbocycles. The summed E-state index contributed by atoms with van der Waals surface area (Å²) in [6.45, 7) is 3.05. The van der Waals surface area contributed by atoms with Gasteiger partial charge in [0.15, 0.2) is 0 Å². The molecule has 1 heterocycles. The van der Waals surface area contributed by atoms with Gasteiger partial charge < -0.3 is 15.6 Å². The van der Waals surface area contributed by atoms with E-state index in [4.69, 9.17) is 5.73 Å². The zero-order valence-corrected chi connectivity index (χ0v) is 12.0. The van der Waals surface area contributed by atoms with Gasteiger partial charge in [-0.05, 0) is 25.3 Å². The maximum absolute atomic E-state index is 12.4. The molecule has 0 spiro atoms. The summed E-state index contributed by atoms with van der Waals surface area (Å²) in [5.41, 5.74) is 6.01. The summed E-state index contributed by atoms with van der Waals surface area (Å²) in [4.78, 5) is 24.1. The highest BCUT2D eigenvalue weighted by molar-refractivity contribution is 5.95. The van der Waals surface area contributed by atoms with Crippen molar-refractivity contribution in [3.63, 3.8) is 0 Å².